The van der Waals surface area contributed by atoms with E-state index < -0.39 is 26.9 Å². The van der Waals surface area contributed by atoms with E-state index in [4.69, 9.17) is 23.2 Å². The zero-order valence-corrected chi connectivity index (χ0v) is 26.3. The summed E-state index contributed by atoms with van der Waals surface area (Å²) in [5.74, 6) is -1.29. The van der Waals surface area contributed by atoms with Gasteiger partial charge in [0.2, 0.25) is 5.78 Å². The highest BCUT2D eigenvalue weighted by molar-refractivity contribution is 7.91. The Morgan fingerprint density at radius 1 is 0.976 bits per heavy atom. The van der Waals surface area contributed by atoms with E-state index in [0.29, 0.717) is 12.8 Å². The van der Waals surface area contributed by atoms with E-state index >= 15 is 0 Å². The Labute approximate surface area is 254 Å². The van der Waals surface area contributed by atoms with Gasteiger partial charge < -0.3 is 5.32 Å². The normalized spacial score (nSPS) is 16.0. The molecule has 41 heavy (non-hydrogen) atoms. The van der Waals surface area contributed by atoms with E-state index in [1.54, 1.807) is 5.01 Å². The van der Waals surface area contributed by atoms with Gasteiger partial charge in [0.15, 0.2) is 15.2 Å². The number of halogens is 2. The van der Waals surface area contributed by atoms with E-state index in [-0.39, 0.29) is 33.1 Å². The maximum absolute atomic E-state index is 12.9. The largest absolute Gasteiger partial charge is 0.323 e. The van der Waals surface area contributed by atoms with Crippen LogP contribution in [0.1, 0.15) is 84.5 Å². The molecule has 1 aliphatic rings. The monoisotopic (exact) mass is 621 g/mol. The lowest BCUT2D eigenvalue weighted by atomic mass is 10.1. The number of hydrogen-bond donors (Lipinski definition) is 1. The van der Waals surface area contributed by atoms with Crippen molar-refractivity contribution in [2.24, 2.45) is 5.10 Å². The summed E-state index contributed by atoms with van der Waals surface area (Å²) < 4.78 is 25.6. The van der Waals surface area contributed by atoms with Gasteiger partial charge in [-0.1, -0.05) is 94.5 Å². The molecule has 224 valence electrons. The number of anilines is 2. The highest BCUT2D eigenvalue weighted by atomic mass is 35.5. The summed E-state index contributed by atoms with van der Waals surface area (Å²) in [5.41, 5.74) is 1.24. The number of carbonyl (C=O) groups is 2. The second-order valence-corrected chi connectivity index (χ2v) is 13.6. The fourth-order valence-electron chi connectivity index (χ4n) is 4.83. The third kappa shape index (κ3) is 9.83. The predicted molar refractivity (Wildman–Crippen MR) is 169 cm³/mol. The Bertz CT molecular complexity index is 1300. The topological polar surface area (TPSA) is 95.9 Å². The number of para-hydroxylation sites is 1. The van der Waals surface area contributed by atoms with Gasteiger partial charge in [-0.05, 0) is 43.7 Å². The van der Waals surface area contributed by atoms with Gasteiger partial charge in [0.05, 0.1) is 33.1 Å². The molecule has 0 saturated heterocycles. The van der Waals surface area contributed by atoms with Crippen LogP contribution in [-0.4, -0.2) is 43.0 Å². The fourth-order valence-corrected chi connectivity index (χ4v) is 6.69. The second-order valence-electron chi connectivity index (χ2n) is 10.6. The van der Waals surface area contributed by atoms with E-state index in [1.807, 2.05) is 37.3 Å². The van der Waals surface area contributed by atoms with Crippen molar-refractivity contribution in [3.05, 3.63) is 53.6 Å². The fraction of sp³-hybridized carbons (Fsp3) is 0.516. The van der Waals surface area contributed by atoms with Crippen LogP contribution >= 0.6 is 23.2 Å². The third-order valence-corrected chi connectivity index (χ3v) is 9.73. The molecule has 1 aliphatic heterocycles. The first-order valence-electron chi connectivity index (χ1n) is 14.6. The van der Waals surface area contributed by atoms with Gasteiger partial charge in [-0.25, -0.2) is 8.42 Å². The summed E-state index contributed by atoms with van der Waals surface area (Å²) in [5, 5.41) is 7.24. The van der Waals surface area contributed by atoms with Gasteiger partial charge in [-0.3, -0.25) is 14.6 Å². The average molecular weight is 623 g/mol. The highest BCUT2D eigenvalue weighted by Gasteiger charge is 2.34. The Morgan fingerprint density at radius 3 is 2.20 bits per heavy atom. The number of nitrogens with one attached hydrogen (secondary N) is 1. The number of Topliss-reactive ketones (excluding diaryl/α,β-unsaturated/α-hetero) is 1. The summed E-state index contributed by atoms with van der Waals surface area (Å²) in [4.78, 5) is 25.8. The smallest absolute Gasteiger partial charge is 0.250 e. The number of alkyl halides is 1. The molecule has 0 fully saturated rings. The van der Waals surface area contributed by atoms with Crippen LogP contribution in [0.5, 0.6) is 0 Å². The lowest BCUT2D eigenvalue weighted by molar-refractivity contribution is -0.121. The number of hydrogen-bond acceptors (Lipinski definition) is 6. The average Bonchev–Trinajstić information content (AvgIpc) is 3.36. The summed E-state index contributed by atoms with van der Waals surface area (Å²) in [7, 11) is -3.51. The van der Waals surface area contributed by atoms with Crippen molar-refractivity contribution in [2.45, 2.75) is 101 Å². The van der Waals surface area contributed by atoms with Crippen LogP contribution in [0, 0.1) is 0 Å². The molecule has 1 amide bonds. The molecule has 2 aromatic carbocycles. The molecule has 3 rings (SSSR count). The zero-order valence-electron chi connectivity index (χ0n) is 24.0. The van der Waals surface area contributed by atoms with Crippen LogP contribution in [0.2, 0.25) is 5.02 Å². The Morgan fingerprint density at radius 2 is 1.59 bits per heavy atom. The number of amides is 1. The molecule has 7 nitrogen and oxygen atoms in total. The van der Waals surface area contributed by atoms with Crippen LogP contribution in [0.4, 0.5) is 11.4 Å². The van der Waals surface area contributed by atoms with Crippen LogP contribution in [0.15, 0.2) is 58.5 Å². The first-order valence-corrected chi connectivity index (χ1v) is 17.0. The number of ketones is 1. The van der Waals surface area contributed by atoms with Gasteiger partial charge in [-0.15, -0.1) is 11.6 Å². The van der Waals surface area contributed by atoms with Crippen molar-refractivity contribution in [2.75, 3.05) is 16.1 Å². The van der Waals surface area contributed by atoms with E-state index in [0.717, 1.165) is 24.9 Å². The standard InChI is InChI=1S/C31H41Cl2N3O4S/c1-3-4-5-6-7-8-9-10-11-15-20-41(39,40)25-18-19-27(26(32)22-25)34-31(38)29(33)30(37)28-21-23(2)36(35-28)24-16-13-12-14-17-24/h12-14,16-19,22-23,29H,3-11,15,20-21H2,1-2H3,(H,34,38). The lowest BCUT2D eigenvalue weighted by Crippen LogP contribution is -2.35. The molecule has 2 aromatic rings. The molecule has 0 saturated carbocycles. The summed E-state index contributed by atoms with van der Waals surface area (Å²) in [6.07, 6.45) is 11.6. The number of benzene rings is 2. The van der Waals surface area contributed by atoms with E-state index in [9.17, 15) is 18.0 Å². The van der Waals surface area contributed by atoms with Crippen molar-refractivity contribution in [1.29, 1.82) is 0 Å². The predicted octanol–water partition coefficient (Wildman–Crippen LogP) is 7.80. The first-order chi connectivity index (χ1) is 19.6. The maximum Gasteiger partial charge on any atom is 0.250 e. The summed E-state index contributed by atoms with van der Waals surface area (Å²) in [6, 6.07) is 13.5. The molecular weight excluding hydrogens is 581 g/mol. The van der Waals surface area contributed by atoms with E-state index in [1.165, 1.54) is 56.7 Å². The molecule has 0 spiro atoms. The van der Waals surface area contributed by atoms with Gasteiger partial charge >= 0.3 is 0 Å². The molecule has 0 aliphatic carbocycles. The third-order valence-electron chi connectivity index (χ3n) is 7.22. The molecule has 1 N–H and O–H groups in total. The number of nitrogens with zero attached hydrogens (tertiary/aromatic N) is 2. The van der Waals surface area contributed by atoms with E-state index in [2.05, 4.69) is 17.3 Å². The quantitative estimate of drug-likeness (QED) is 0.110. The molecule has 0 bridgehead atoms. The first kappa shape index (κ1) is 33.1. The number of rotatable bonds is 17. The van der Waals surface area contributed by atoms with Crippen LogP contribution in [0.25, 0.3) is 0 Å². The molecular formula is C31H41Cl2N3O4S. The summed E-state index contributed by atoms with van der Waals surface area (Å²) >= 11 is 12.6. The molecule has 2 unspecified atom stereocenters. The second kappa shape index (κ2) is 16.3. The minimum absolute atomic E-state index is 0.0460. The van der Waals surface area contributed by atoms with Gasteiger partial charge in [0.25, 0.3) is 5.91 Å². The van der Waals surface area contributed by atoms with Crippen LogP contribution < -0.4 is 10.3 Å². The van der Waals surface area contributed by atoms with Crippen molar-refractivity contribution in [3.8, 4) is 0 Å². The van der Waals surface area contributed by atoms with Crippen molar-refractivity contribution in [1.82, 2.24) is 0 Å². The minimum Gasteiger partial charge on any atom is -0.323 e. The Kier molecular flexibility index (Phi) is 13.1. The number of sulfone groups is 1. The summed E-state index contributed by atoms with van der Waals surface area (Å²) in [6.45, 7) is 4.15. The van der Waals surface area contributed by atoms with Gasteiger partial charge in [0.1, 0.15) is 5.71 Å². The van der Waals surface area contributed by atoms with Gasteiger partial charge in [-0.2, -0.15) is 5.10 Å². The molecule has 1 heterocycles. The number of carbonyl (C=O) groups excluding carboxylic acids is 2. The number of hydrazone groups is 1. The molecule has 10 heteroatoms. The lowest BCUT2D eigenvalue weighted by Gasteiger charge is -2.19. The highest BCUT2D eigenvalue weighted by Crippen LogP contribution is 2.28. The molecule has 0 aromatic heterocycles. The van der Waals surface area contributed by atoms with Crippen molar-refractivity contribution >= 4 is 61.8 Å². The Balaban J connectivity index is 1.49. The molecule has 2 atom stereocenters. The maximum atomic E-state index is 12.9. The zero-order chi connectivity index (χ0) is 29.8. The Hall–Kier alpha value is -2.42. The molecule has 0 radical (unpaired) electrons. The number of unbranched alkanes of at least 4 members (excludes halogenated alkanes) is 9. The SMILES string of the molecule is CCCCCCCCCCCCS(=O)(=O)c1ccc(NC(=O)C(Cl)C(=O)C2=NN(c3ccccc3)C(C)C2)c(Cl)c1. The minimum atomic E-state index is -3.51. The van der Waals surface area contributed by atoms with Crippen LogP contribution in [-0.2, 0) is 19.4 Å². The van der Waals surface area contributed by atoms with Crippen molar-refractivity contribution < 1.29 is 18.0 Å². The van der Waals surface area contributed by atoms with Crippen molar-refractivity contribution in [3.63, 3.8) is 0 Å². The van der Waals surface area contributed by atoms with Gasteiger partial charge in [0, 0.05) is 6.42 Å². The van der Waals surface area contributed by atoms with Crippen LogP contribution in [0.3, 0.4) is 0 Å².